The molecule has 0 radical (unpaired) electrons. The fourth-order valence-corrected chi connectivity index (χ4v) is 4.34. The van der Waals surface area contributed by atoms with Crippen LogP contribution in [0, 0.1) is 5.41 Å². The largest absolute Gasteiger partial charge is 0.381 e. The first-order valence-electron chi connectivity index (χ1n) is 9.30. The quantitative estimate of drug-likeness (QED) is 0.908. The van der Waals surface area contributed by atoms with Gasteiger partial charge in [-0.05, 0) is 38.6 Å². The van der Waals surface area contributed by atoms with Crippen molar-refractivity contribution in [1.29, 1.82) is 0 Å². The van der Waals surface area contributed by atoms with E-state index in [1.807, 2.05) is 6.07 Å². The highest BCUT2D eigenvalue weighted by atomic mass is 16.5. The zero-order valence-electron chi connectivity index (χ0n) is 14.3. The van der Waals surface area contributed by atoms with Crippen molar-refractivity contribution in [2.75, 3.05) is 39.4 Å². The van der Waals surface area contributed by atoms with Crippen LogP contribution in [-0.2, 0) is 16.0 Å². The number of likely N-dealkylation sites (tertiary alicyclic amines) is 1. The van der Waals surface area contributed by atoms with E-state index in [1.165, 1.54) is 0 Å². The Morgan fingerprint density at radius 3 is 2.96 bits per heavy atom. The van der Waals surface area contributed by atoms with Crippen LogP contribution in [-0.4, -0.2) is 55.4 Å². The van der Waals surface area contributed by atoms with Gasteiger partial charge in [0.1, 0.15) is 5.76 Å². The molecule has 6 heteroatoms. The maximum absolute atomic E-state index is 13.2. The molecule has 3 fully saturated rings. The van der Waals surface area contributed by atoms with Gasteiger partial charge in [-0.1, -0.05) is 5.16 Å². The van der Waals surface area contributed by atoms with Crippen molar-refractivity contribution in [3.05, 3.63) is 17.5 Å². The minimum absolute atomic E-state index is 0.300. The van der Waals surface area contributed by atoms with E-state index in [4.69, 9.17) is 9.26 Å². The molecule has 4 heterocycles. The maximum Gasteiger partial charge on any atom is 0.230 e. The lowest BCUT2D eigenvalue weighted by Crippen LogP contribution is -2.52. The Kier molecular flexibility index (Phi) is 4.59. The van der Waals surface area contributed by atoms with Crippen LogP contribution < -0.4 is 5.32 Å². The molecule has 1 aromatic rings. The predicted molar refractivity (Wildman–Crippen MR) is 88.7 cm³/mol. The second-order valence-corrected chi connectivity index (χ2v) is 7.52. The highest BCUT2D eigenvalue weighted by molar-refractivity contribution is 5.83. The number of nitrogens with zero attached hydrogens (tertiary/aromatic N) is 2. The zero-order chi connectivity index (χ0) is 16.4. The first kappa shape index (κ1) is 16.1. The topological polar surface area (TPSA) is 67.6 Å². The molecule has 3 saturated heterocycles. The average molecular weight is 333 g/mol. The highest BCUT2D eigenvalue weighted by Gasteiger charge is 2.43. The number of hydrogen-bond donors (Lipinski definition) is 1. The van der Waals surface area contributed by atoms with E-state index in [2.05, 4.69) is 15.4 Å². The number of amides is 1. The summed E-state index contributed by atoms with van der Waals surface area (Å²) in [5, 5.41) is 7.68. The molecule has 0 bridgehead atoms. The molecule has 1 N–H and O–H groups in total. The summed E-state index contributed by atoms with van der Waals surface area (Å²) in [6.07, 6.45) is 5.88. The summed E-state index contributed by atoms with van der Waals surface area (Å²) in [4.78, 5) is 15.2. The molecule has 0 unspecified atom stereocenters. The third-order valence-corrected chi connectivity index (χ3v) is 5.76. The lowest BCUT2D eigenvalue weighted by molar-refractivity contribution is -0.142. The molecule has 3 aliphatic heterocycles. The smallest absolute Gasteiger partial charge is 0.230 e. The monoisotopic (exact) mass is 333 g/mol. The molecule has 0 spiro atoms. The lowest BCUT2D eigenvalue weighted by atomic mass is 9.75. The minimum atomic E-state index is -0.369. The van der Waals surface area contributed by atoms with Crippen LogP contribution in [0.15, 0.2) is 10.6 Å². The van der Waals surface area contributed by atoms with Crippen LogP contribution in [0.25, 0.3) is 0 Å². The normalized spacial score (nSPS) is 30.8. The third-order valence-electron chi connectivity index (χ3n) is 5.76. The van der Waals surface area contributed by atoms with E-state index in [1.54, 1.807) is 0 Å². The van der Waals surface area contributed by atoms with Gasteiger partial charge in [-0.2, -0.15) is 0 Å². The van der Waals surface area contributed by atoms with Crippen LogP contribution >= 0.6 is 0 Å². The van der Waals surface area contributed by atoms with Crippen molar-refractivity contribution < 1.29 is 14.1 Å². The molecule has 1 amide bonds. The Balaban J connectivity index is 1.52. The van der Waals surface area contributed by atoms with Crippen molar-refractivity contribution in [1.82, 2.24) is 15.4 Å². The molecule has 24 heavy (non-hydrogen) atoms. The number of nitrogens with one attached hydrogen (secondary N) is 1. The van der Waals surface area contributed by atoms with E-state index in [9.17, 15) is 4.79 Å². The molecule has 4 rings (SSSR count). The first-order chi connectivity index (χ1) is 11.8. The SMILES string of the molecule is O=C(N1CCCC1)[C@]1(Cc2cc([C@@H]3CCOC3)no2)CCCNC1. The Hall–Kier alpha value is -1.40. The zero-order valence-corrected chi connectivity index (χ0v) is 14.3. The lowest BCUT2D eigenvalue weighted by Gasteiger charge is -2.38. The average Bonchev–Trinajstić information content (AvgIpc) is 3.36. The molecule has 3 aliphatic rings. The van der Waals surface area contributed by atoms with Gasteiger partial charge in [0.25, 0.3) is 0 Å². The van der Waals surface area contributed by atoms with Gasteiger partial charge in [-0.25, -0.2) is 0 Å². The van der Waals surface area contributed by atoms with Crippen molar-refractivity contribution in [2.45, 2.75) is 44.4 Å². The number of carbonyl (C=O) groups is 1. The van der Waals surface area contributed by atoms with Crippen molar-refractivity contribution >= 4 is 5.91 Å². The fourth-order valence-electron chi connectivity index (χ4n) is 4.34. The van der Waals surface area contributed by atoms with Gasteiger partial charge in [0.15, 0.2) is 0 Å². The summed E-state index contributed by atoms with van der Waals surface area (Å²) in [7, 11) is 0. The van der Waals surface area contributed by atoms with E-state index < -0.39 is 0 Å². The molecule has 2 atom stereocenters. The number of rotatable bonds is 4. The molecular formula is C18H27N3O3. The van der Waals surface area contributed by atoms with E-state index >= 15 is 0 Å². The first-order valence-corrected chi connectivity index (χ1v) is 9.30. The maximum atomic E-state index is 13.2. The number of aromatic nitrogens is 1. The van der Waals surface area contributed by atoms with Gasteiger partial charge in [-0.3, -0.25) is 4.79 Å². The van der Waals surface area contributed by atoms with Gasteiger partial charge in [0.2, 0.25) is 5.91 Å². The minimum Gasteiger partial charge on any atom is -0.381 e. The van der Waals surface area contributed by atoms with Crippen LogP contribution in [0.4, 0.5) is 0 Å². The second-order valence-electron chi connectivity index (χ2n) is 7.52. The fraction of sp³-hybridized carbons (Fsp3) is 0.778. The number of hydrogen-bond acceptors (Lipinski definition) is 5. The Bertz CT molecular complexity index is 568. The van der Waals surface area contributed by atoms with Crippen molar-refractivity contribution in [2.24, 2.45) is 5.41 Å². The Labute approximate surface area is 142 Å². The van der Waals surface area contributed by atoms with Gasteiger partial charge in [0, 0.05) is 44.6 Å². The van der Waals surface area contributed by atoms with E-state index in [-0.39, 0.29) is 5.41 Å². The Morgan fingerprint density at radius 2 is 2.25 bits per heavy atom. The van der Waals surface area contributed by atoms with Crippen molar-refractivity contribution in [3.63, 3.8) is 0 Å². The summed E-state index contributed by atoms with van der Waals surface area (Å²) in [6.45, 7) is 5.07. The summed E-state index contributed by atoms with van der Waals surface area (Å²) in [5.41, 5.74) is 0.612. The van der Waals surface area contributed by atoms with Crippen LogP contribution in [0.3, 0.4) is 0 Å². The van der Waals surface area contributed by atoms with E-state index in [0.29, 0.717) is 18.2 Å². The summed E-state index contributed by atoms with van der Waals surface area (Å²) in [6, 6.07) is 2.05. The third kappa shape index (κ3) is 3.09. The van der Waals surface area contributed by atoms with Gasteiger partial charge >= 0.3 is 0 Å². The Morgan fingerprint density at radius 1 is 1.38 bits per heavy atom. The van der Waals surface area contributed by atoms with Gasteiger partial charge < -0.3 is 19.5 Å². The van der Waals surface area contributed by atoms with Gasteiger partial charge in [0.05, 0.1) is 17.7 Å². The molecule has 0 aromatic carbocycles. The summed E-state index contributed by atoms with van der Waals surface area (Å²) < 4.78 is 11.1. The second kappa shape index (κ2) is 6.84. The molecular weight excluding hydrogens is 306 g/mol. The molecule has 6 nitrogen and oxygen atoms in total. The molecule has 1 aromatic heterocycles. The predicted octanol–water partition coefficient (Wildman–Crippen LogP) is 1.71. The standard InChI is InChI=1S/C18H27N3O3/c22-17(21-7-1-2-8-21)18(5-3-6-19-13-18)11-15-10-16(20-24-15)14-4-9-23-12-14/h10,14,19H,1-9,11-13H2/t14-,18+/m1/s1. The number of ether oxygens (including phenoxy) is 1. The molecule has 132 valence electrons. The van der Waals surface area contributed by atoms with Crippen molar-refractivity contribution in [3.8, 4) is 0 Å². The summed E-state index contributed by atoms with van der Waals surface area (Å²) >= 11 is 0. The number of carbonyl (C=O) groups excluding carboxylic acids is 1. The van der Waals surface area contributed by atoms with Crippen LogP contribution in [0.5, 0.6) is 0 Å². The van der Waals surface area contributed by atoms with Gasteiger partial charge in [-0.15, -0.1) is 0 Å². The molecule has 0 saturated carbocycles. The summed E-state index contributed by atoms with van der Waals surface area (Å²) in [5.74, 6) is 1.49. The van der Waals surface area contributed by atoms with Crippen LogP contribution in [0.1, 0.15) is 49.5 Å². The van der Waals surface area contributed by atoms with Crippen LogP contribution in [0.2, 0.25) is 0 Å². The number of piperidine rings is 1. The highest BCUT2D eigenvalue weighted by Crippen LogP contribution is 2.35. The molecule has 0 aliphatic carbocycles. The van der Waals surface area contributed by atoms with E-state index in [0.717, 1.165) is 83.0 Å².